The normalized spacial score (nSPS) is 11.6. The predicted molar refractivity (Wildman–Crippen MR) is 74.5 cm³/mol. The van der Waals surface area contributed by atoms with Crippen molar-refractivity contribution in [2.75, 3.05) is 35.0 Å². The number of ether oxygens (including phenoxy) is 4. The summed E-state index contributed by atoms with van der Waals surface area (Å²) >= 11 is 0. The Morgan fingerprint density at radius 2 is 1.65 bits per heavy atom. The molecule has 1 unspecified atom stereocenters. The predicted octanol–water partition coefficient (Wildman–Crippen LogP) is 1.23. The summed E-state index contributed by atoms with van der Waals surface area (Å²) in [6.45, 7) is 0.372. The van der Waals surface area contributed by atoms with Crippen LogP contribution in [-0.2, 0) is 9.53 Å². The Hall–Kier alpha value is -1.95. The number of rotatable bonds is 8. The highest BCUT2D eigenvalue weighted by Gasteiger charge is 2.16. The number of benzene rings is 1. The van der Waals surface area contributed by atoms with Gasteiger partial charge in [-0.3, -0.25) is 4.79 Å². The number of esters is 1. The van der Waals surface area contributed by atoms with Crippen LogP contribution in [0.15, 0.2) is 18.2 Å². The molecular weight excluding hydrogens is 262 g/mol. The maximum absolute atomic E-state index is 11.4. The Labute approximate surface area is 119 Å². The van der Waals surface area contributed by atoms with Crippen LogP contribution in [0, 0.1) is 0 Å². The molecule has 1 rings (SSSR count). The number of nitrogens with one attached hydrogen (secondary N) is 1. The molecule has 0 aromatic heterocycles. The van der Waals surface area contributed by atoms with Crippen molar-refractivity contribution >= 4 is 5.97 Å². The number of methoxy groups -OCH3 is 3. The molecule has 0 bridgehead atoms. The van der Waals surface area contributed by atoms with Gasteiger partial charge >= 0.3 is 5.97 Å². The van der Waals surface area contributed by atoms with Crippen LogP contribution < -0.4 is 19.5 Å². The van der Waals surface area contributed by atoms with Gasteiger partial charge in [-0.25, -0.2) is 0 Å². The van der Waals surface area contributed by atoms with Gasteiger partial charge in [0.25, 0.3) is 0 Å². The fourth-order valence-corrected chi connectivity index (χ4v) is 1.68. The molecule has 0 saturated carbocycles. The van der Waals surface area contributed by atoms with Crippen molar-refractivity contribution in [3.8, 4) is 17.2 Å². The largest absolute Gasteiger partial charge is 0.496 e. The smallest absolute Gasteiger partial charge is 0.322 e. The molecule has 0 aliphatic rings. The molecule has 0 fully saturated rings. The molecule has 0 amide bonds. The van der Waals surface area contributed by atoms with Crippen LogP contribution in [0.5, 0.6) is 17.2 Å². The highest BCUT2D eigenvalue weighted by atomic mass is 16.5. The minimum atomic E-state index is -0.382. The van der Waals surface area contributed by atoms with Crippen LogP contribution in [0.4, 0.5) is 0 Å². The van der Waals surface area contributed by atoms with Crippen LogP contribution in [0.2, 0.25) is 0 Å². The monoisotopic (exact) mass is 283 g/mol. The number of carbonyl (C=O) groups is 1. The third kappa shape index (κ3) is 4.62. The molecule has 0 aliphatic carbocycles. The summed E-state index contributed by atoms with van der Waals surface area (Å²) in [5, 5.41) is 2.88. The number of likely N-dealkylation sites (N-methyl/N-ethyl adjacent to an activating group) is 1. The fraction of sp³-hybridized carbons (Fsp3) is 0.500. The Kier molecular flexibility index (Phi) is 6.66. The van der Waals surface area contributed by atoms with Gasteiger partial charge in [-0.2, -0.15) is 0 Å². The van der Waals surface area contributed by atoms with Crippen LogP contribution in [0.3, 0.4) is 0 Å². The topological polar surface area (TPSA) is 66.0 Å². The van der Waals surface area contributed by atoms with Gasteiger partial charge in [0.1, 0.15) is 23.3 Å². The third-order valence-corrected chi connectivity index (χ3v) is 2.83. The van der Waals surface area contributed by atoms with E-state index in [1.165, 1.54) is 7.11 Å². The summed E-state index contributed by atoms with van der Waals surface area (Å²) in [5.74, 6) is 1.62. The maximum Gasteiger partial charge on any atom is 0.322 e. The zero-order valence-electron chi connectivity index (χ0n) is 12.3. The van der Waals surface area contributed by atoms with Crippen molar-refractivity contribution in [3.63, 3.8) is 0 Å². The number of carbonyl (C=O) groups excluding carboxylic acids is 1. The average molecular weight is 283 g/mol. The molecule has 0 spiro atoms. The van der Waals surface area contributed by atoms with E-state index < -0.39 is 0 Å². The number of hydrogen-bond donors (Lipinski definition) is 1. The lowest BCUT2D eigenvalue weighted by Crippen LogP contribution is -2.36. The highest BCUT2D eigenvalue weighted by Crippen LogP contribution is 2.27. The Balaban J connectivity index is 2.58. The molecule has 112 valence electrons. The van der Waals surface area contributed by atoms with Gasteiger partial charge in [-0.15, -0.1) is 0 Å². The first-order valence-electron chi connectivity index (χ1n) is 6.25. The summed E-state index contributed by atoms with van der Waals surface area (Å²) in [6, 6.07) is 4.90. The molecule has 1 aromatic rings. The quantitative estimate of drug-likeness (QED) is 0.724. The molecule has 1 aromatic carbocycles. The Morgan fingerprint density at radius 1 is 1.10 bits per heavy atom. The van der Waals surface area contributed by atoms with E-state index in [2.05, 4.69) is 10.1 Å². The maximum atomic E-state index is 11.4. The standard InChI is InChI=1S/C14H21NO5/c1-15-13(14(16)19-4)5-6-20-12-8-10(17-2)7-11(9-12)18-3/h7-9,13,15H,5-6H2,1-4H3. The minimum Gasteiger partial charge on any atom is -0.496 e. The molecule has 0 heterocycles. The van der Waals surface area contributed by atoms with Crippen LogP contribution in [0.1, 0.15) is 6.42 Å². The zero-order chi connectivity index (χ0) is 15.0. The van der Waals surface area contributed by atoms with Gasteiger partial charge in [0.15, 0.2) is 0 Å². The first kappa shape index (κ1) is 16.1. The van der Waals surface area contributed by atoms with E-state index in [0.29, 0.717) is 30.3 Å². The first-order chi connectivity index (χ1) is 9.64. The fourth-order valence-electron chi connectivity index (χ4n) is 1.68. The molecular formula is C14H21NO5. The molecule has 0 radical (unpaired) electrons. The first-order valence-corrected chi connectivity index (χ1v) is 6.25. The van der Waals surface area contributed by atoms with Crippen LogP contribution in [0.25, 0.3) is 0 Å². The minimum absolute atomic E-state index is 0.306. The summed E-state index contributed by atoms with van der Waals surface area (Å²) in [7, 11) is 6.22. The second-order valence-corrected chi connectivity index (χ2v) is 4.05. The third-order valence-electron chi connectivity index (χ3n) is 2.83. The van der Waals surface area contributed by atoms with E-state index in [-0.39, 0.29) is 12.0 Å². The Bertz CT molecular complexity index is 413. The van der Waals surface area contributed by atoms with Crippen LogP contribution in [-0.4, -0.2) is 47.0 Å². The van der Waals surface area contributed by atoms with E-state index in [0.717, 1.165) is 0 Å². The molecule has 6 heteroatoms. The second-order valence-electron chi connectivity index (χ2n) is 4.05. The van der Waals surface area contributed by atoms with Crippen molar-refractivity contribution in [2.24, 2.45) is 0 Å². The van der Waals surface area contributed by atoms with Gasteiger partial charge in [0.05, 0.1) is 27.9 Å². The van der Waals surface area contributed by atoms with Crippen molar-refractivity contribution < 1.29 is 23.7 Å². The van der Waals surface area contributed by atoms with Crippen molar-refractivity contribution in [2.45, 2.75) is 12.5 Å². The van der Waals surface area contributed by atoms with Gasteiger partial charge in [-0.05, 0) is 7.05 Å². The summed E-state index contributed by atoms with van der Waals surface area (Å²) in [6.07, 6.45) is 0.503. The number of hydrogen-bond acceptors (Lipinski definition) is 6. The van der Waals surface area contributed by atoms with E-state index in [1.54, 1.807) is 39.5 Å². The average Bonchev–Trinajstić information content (AvgIpc) is 2.50. The highest BCUT2D eigenvalue weighted by molar-refractivity contribution is 5.75. The summed E-state index contributed by atoms with van der Waals surface area (Å²) in [5.41, 5.74) is 0. The lowest BCUT2D eigenvalue weighted by atomic mass is 10.2. The summed E-state index contributed by atoms with van der Waals surface area (Å²) < 4.78 is 20.6. The molecule has 6 nitrogen and oxygen atoms in total. The van der Waals surface area contributed by atoms with Crippen molar-refractivity contribution in [1.82, 2.24) is 5.32 Å². The zero-order valence-corrected chi connectivity index (χ0v) is 12.3. The van der Waals surface area contributed by atoms with Crippen LogP contribution >= 0.6 is 0 Å². The van der Waals surface area contributed by atoms with E-state index in [1.807, 2.05) is 0 Å². The van der Waals surface area contributed by atoms with Gasteiger partial charge in [-0.1, -0.05) is 0 Å². The molecule has 0 saturated heterocycles. The molecule has 20 heavy (non-hydrogen) atoms. The Morgan fingerprint density at radius 3 is 2.10 bits per heavy atom. The second kappa shape index (κ2) is 8.27. The molecule has 1 N–H and O–H groups in total. The lowest BCUT2D eigenvalue weighted by Gasteiger charge is -2.14. The van der Waals surface area contributed by atoms with E-state index >= 15 is 0 Å². The van der Waals surface area contributed by atoms with Gasteiger partial charge in [0.2, 0.25) is 0 Å². The van der Waals surface area contributed by atoms with Gasteiger partial charge in [0, 0.05) is 24.6 Å². The van der Waals surface area contributed by atoms with Crippen molar-refractivity contribution in [1.29, 1.82) is 0 Å². The SMILES string of the molecule is CNC(CCOc1cc(OC)cc(OC)c1)C(=O)OC. The van der Waals surface area contributed by atoms with E-state index in [9.17, 15) is 4.79 Å². The van der Waals surface area contributed by atoms with Gasteiger partial charge < -0.3 is 24.3 Å². The molecule has 0 aliphatic heterocycles. The molecule has 1 atom stereocenters. The van der Waals surface area contributed by atoms with Crippen molar-refractivity contribution in [3.05, 3.63) is 18.2 Å². The lowest BCUT2D eigenvalue weighted by molar-refractivity contribution is -0.143. The summed E-state index contributed by atoms with van der Waals surface area (Å²) in [4.78, 5) is 11.4. The van der Waals surface area contributed by atoms with E-state index in [4.69, 9.17) is 14.2 Å².